The lowest BCUT2D eigenvalue weighted by atomic mass is 10.2. The molecule has 0 spiro atoms. The highest BCUT2D eigenvalue weighted by atomic mass is 35.5. The fourth-order valence-electron chi connectivity index (χ4n) is 1.18. The van der Waals surface area contributed by atoms with E-state index in [1.807, 2.05) is 6.08 Å². The summed E-state index contributed by atoms with van der Waals surface area (Å²) < 4.78 is 0. The van der Waals surface area contributed by atoms with Crippen LogP contribution in [-0.2, 0) is 0 Å². The van der Waals surface area contributed by atoms with E-state index in [0.29, 0.717) is 5.16 Å². The van der Waals surface area contributed by atoms with Crippen molar-refractivity contribution in [3.05, 3.63) is 22.9 Å². The molecule has 0 aromatic heterocycles. The molecular weight excluding hydrogens is 148 g/mol. The van der Waals surface area contributed by atoms with E-state index >= 15 is 0 Å². The van der Waals surface area contributed by atoms with Crippen molar-refractivity contribution in [2.24, 2.45) is 5.10 Å². The van der Waals surface area contributed by atoms with Crippen LogP contribution in [0.1, 0.15) is 12.8 Å². The summed E-state index contributed by atoms with van der Waals surface area (Å²) in [5.41, 5.74) is 5.04. The molecule has 0 aromatic rings. The fourth-order valence-corrected chi connectivity index (χ4v) is 1.34. The number of fused-ring (bicyclic) bond motifs is 1. The molecule has 0 saturated carbocycles. The van der Waals surface area contributed by atoms with Crippen molar-refractivity contribution in [1.82, 2.24) is 5.43 Å². The molecule has 0 atom stereocenters. The van der Waals surface area contributed by atoms with Crippen LogP contribution in [0.5, 0.6) is 0 Å². The van der Waals surface area contributed by atoms with E-state index < -0.39 is 0 Å². The predicted molar refractivity (Wildman–Crippen MR) is 41.8 cm³/mol. The number of allylic oxidation sites excluding steroid dienone is 3. The molecule has 0 bridgehead atoms. The van der Waals surface area contributed by atoms with E-state index in [1.54, 1.807) is 0 Å². The molecule has 0 saturated heterocycles. The zero-order valence-corrected chi connectivity index (χ0v) is 6.15. The average molecular weight is 155 g/mol. The number of hydrazone groups is 1. The van der Waals surface area contributed by atoms with Gasteiger partial charge in [0.1, 0.15) is 5.16 Å². The van der Waals surface area contributed by atoms with Gasteiger partial charge in [0, 0.05) is 0 Å². The Hall–Kier alpha value is -0.760. The van der Waals surface area contributed by atoms with E-state index in [0.717, 1.165) is 18.6 Å². The van der Waals surface area contributed by atoms with E-state index in [4.69, 9.17) is 11.6 Å². The van der Waals surface area contributed by atoms with Gasteiger partial charge in [0.25, 0.3) is 0 Å². The van der Waals surface area contributed by atoms with Crippen LogP contribution in [0.2, 0.25) is 0 Å². The SMILES string of the molecule is ClC1=CC2=CCCC2=NN1. The van der Waals surface area contributed by atoms with Crippen LogP contribution in [0.3, 0.4) is 0 Å². The van der Waals surface area contributed by atoms with Gasteiger partial charge in [-0.3, -0.25) is 5.43 Å². The molecule has 2 rings (SSSR count). The Morgan fingerprint density at radius 2 is 2.50 bits per heavy atom. The largest absolute Gasteiger partial charge is 0.267 e. The summed E-state index contributed by atoms with van der Waals surface area (Å²) in [5.74, 6) is 0. The van der Waals surface area contributed by atoms with Gasteiger partial charge in [-0.15, -0.1) is 0 Å². The van der Waals surface area contributed by atoms with E-state index in [2.05, 4.69) is 16.6 Å². The highest BCUT2D eigenvalue weighted by Gasteiger charge is 2.14. The highest BCUT2D eigenvalue weighted by molar-refractivity contribution is 6.30. The van der Waals surface area contributed by atoms with Crippen LogP contribution in [0.15, 0.2) is 28.0 Å². The second-order valence-electron chi connectivity index (χ2n) is 2.36. The lowest BCUT2D eigenvalue weighted by Gasteiger charge is -2.07. The number of halogens is 1. The Kier molecular flexibility index (Phi) is 1.27. The molecule has 2 aliphatic rings. The standard InChI is InChI=1S/C7H7ClN2/c8-7-4-5-2-1-3-6(5)9-10-7/h2,4,10H,1,3H2. The van der Waals surface area contributed by atoms with E-state index in [1.165, 1.54) is 5.57 Å². The molecule has 2 nitrogen and oxygen atoms in total. The number of hydrogen-bond donors (Lipinski definition) is 1. The minimum absolute atomic E-state index is 0.608. The van der Waals surface area contributed by atoms with Gasteiger partial charge in [-0.2, -0.15) is 5.10 Å². The Morgan fingerprint density at radius 1 is 1.60 bits per heavy atom. The maximum absolute atomic E-state index is 5.69. The number of nitrogens with zero attached hydrogens (tertiary/aromatic N) is 1. The minimum Gasteiger partial charge on any atom is -0.267 e. The first kappa shape index (κ1) is 5.98. The fraction of sp³-hybridized carbons (Fsp3) is 0.286. The maximum atomic E-state index is 5.69. The molecule has 1 aliphatic carbocycles. The monoisotopic (exact) mass is 154 g/mol. The molecule has 0 fully saturated rings. The minimum atomic E-state index is 0.608. The third-order valence-corrected chi connectivity index (χ3v) is 1.85. The molecule has 52 valence electrons. The van der Waals surface area contributed by atoms with Crippen LogP contribution in [0.25, 0.3) is 0 Å². The Balaban J connectivity index is 2.36. The van der Waals surface area contributed by atoms with Crippen molar-refractivity contribution in [1.29, 1.82) is 0 Å². The van der Waals surface area contributed by atoms with Gasteiger partial charge < -0.3 is 0 Å². The van der Waals surface area contributed by atoms with Gasteiger partial charge in [-0.1, -0.05) is 17.7 Å². The van der Waals surface area contributed by atoms with Crippen molar-refractivity contribution in [2.45, 2.75) is 12.8 Å². The molecule has 0 aromatic carbocycles. The number of rotatable bonds is 0. The van der Waals surface area contributed by atoms with Gasteiger partial charge in [0.05, 0.1) is 5.71 Å². The van der Waals surface area contributed by atoms with Gasteiger partial charge in [-0.25, -0.2) is 0 Å². The van der Waals surface area contributed by atoms with Crippen LogP contribution in [0, 0.1) is 0 Å². The van der Waals surface area contributed by atoms with Gasteiger partial charge in [0.2, 0.25) is 0 Å². The normalized spacial score (nSPS) is 22.3. The molecule has 1 heterocycles. The van der Waals surface area contributed by atoms with Crippen LogP contribution >= 0.6 is 11.6 Å². The Bertz CT molecular complexity index is 250. The van der Waals surface area contributed by atoms with Gasteiger partial charge >= 0.3 is 0 Å². The van der Waals surface area contributed by atoms with Crippen molar-refractivity contribution in [2.75, 3.05) is 0 Å². The summed E-state index contributed by atoms with van der Waals surface area (Å²) in [7, 11) is 0. The summed E-state index contributed by atoms with van der Waals surface area (Å²) in [6.45, 7) is 0. The smallest absolute Gasteiger partial charge is 0.123 e. The summed E-state index contributed by atoms with van der Waals surface area (Å²) in [4.78, 5) is 0. The average Bonchev–Trinajstić information content (AvgIpc) is 2.33. The zero-order valence-electron chi connectivity index (χ0n) is 5.39. The molecule has 0 unspecified atom stereocenters. The van der Waals surface area contributed by atoms with Crippen LogP contribution in [0.4, 0.5) is 0 Å². The summed E-state index contributed by atoms with van der Waals surface area (Å²) in [5, 5.41) is 4.68. The van der Waals surface area contributed by atoms with E-state index in [-0.39, 0.29) is 0 Å². The predicted octanol–water partition coefficient (Wildman–Crippen LogP) is 1.75. The molecule has 0 radical (unpaired) electrons. The Morgan fingerprint density at radius 3 is 3.40 bits per heavy atom. The van der Waals surface area contributed by atoms with Crippen molar-refractivity contribution >= 4 is 17.3 Å². The maximum Gasteiger partial charge on any atom is 0.123 e. The number of hydrogen-bond acceptors (Lipinski definition) is 2. The lowest BCUT2D eigenvalue weighted by molar-refractivity contribution is 0.922. The van der Waals surface area contributed by atoms with Crippen molar-refractivity contribution in [3.63, 3.8) is 0 Å². The highest BCUT2D eigenvalue weighted by Crippen LogP contribution is 2.21. The molecular formula is C7H7ClN2. The van der Waals surface area contributed by atoms with Crippen molar-refractivity contribution in [3.8, 4) is 0 Å². The van der Waals surface area contributed by atoms with Gasteiger partial charge in [0.15, 0.2) is 0 Å². The molecule has 1 aliphatic heterocycles. The second kappa shape index (κ2) is 2.13. The van der Waals surface area contributed by atoms with E-state index in [9.17, 15) is 0 Å². The molecule has 3 heteroatoms. The first-order valence-corrected chi connectivity index (χ1v) is 3.64. The second-order valence-corrected chi connectivity index (χ2v) is 2.77. The summed E-state index contributed by atoms with van der Waals surface area (Å²) in [6.07, 6.45) is 6.21. The quantitative estimate of drug-likeness (QED) is 0.529. The van der Waals surface area contributed by atoms with Crippen LogP contribution in [-0.4, -0.2) is 5.71 Å². The first-order valence-electron chi connectivity index (χ1n) is 3.26. The summed E-state index contributed by atoms with van der Waals surface area (Å²) >= 11 is 5.69. The van der Waals surface area contributed by atoms with Crippen molar-refractivity contribution < 1.29 is 0 Å². The van der Waals surface area contributed by atoms with Gasteiger partial charge in [-0.05, 0) is 24.5 Å². The molecule has 0 amide bonds. The first-order chi connectivity index (χ1) is 4.86. The molecule has 10 heavy (non-hydrogen) atoms. The summed E-state index contributed by atoms with van der Waals surface area (Å²) in [6, 6.07) is 0. The van der Waals surface area contributed by atoms with Crippen LogP contribution < -0.4 is 5.43 Å². The third-order valence-electron chi connectivity index (χ3n) is 1.66. The zero-order chi connectivity index (χ0) is 6.97. The Labute approximate surface area is 64.3 Å². The lowest BCUT2D eigenvalue weighted by Crippen LogP contribution is -2.11. The number of nitrogens with one attached hydrogen (secondary N) is 1. The topological polar surface area (TPSA) is 24.4 Å². The molecule has 1 N–H and O–H groups in total. The third kappa shape index (κ3) is 0.847.